The smallest absolute Gasteiger partial charge is 0.247 e. The number of anilines is 1. The minimum absolute atomic E-state index is 0.0679. The molecule has 1 aromatic carbocycles. The van der Waals surface area contributed by atoms with E-state index in [4.69, 9.17) is 16.6 Å². The third-order valence-corrected chi connectivity index (χ3v) is 3.95. The first kappa shape index (κ1) is 14.4. The number of carbonyl (C=O) groups excluding carboxylic acids is 1. The number of carbonyl (C=O) groups is 1. The molecule has 0 saturated carbocycles. The van der Waals surface area contributed by atoms with Gasteiger partial charge < -0.3 is 16.6 Å². The highest BCUT2D eigenvalue weighted by molar-refractivity contribution is 7.89. The lowest BCUT2D eigenvalue weighted by Gasteiger charge is -2.12. The van der Waals surface area contributed by atoms with Crippen molar-refractivity contribution in [2.75, 3.05) is 12.3 Å². The lowest BCUT2D eigenvalue weighted by Crippen LogP contribution is -2.40. The van der Waals surface area contributed by atoms with Crippen molar-refractivity contribution >= 4 is 21.6 Å². The third kappa shape index (κ3) is 3.19. The Morgan fingerprint density at radius 1 is 1.50 bits per heavy atom. The van der Waals surface area contributed by atoms with Gasteiger partial charge in [-0.25, -0.2) is 13.1 Å². The number of nitrogen functional groups attached to an aromatic ring is 1. The van der Waals surface area contributed by atoms with Crippen molar-refractivity contribution in [2.24, 2.45) is 5.73 Å². The van der Waals surface area contributed by atoms with Crippen LogP contribution in [0.5, 0.6) is 0 Å². The summed E-state index contributed by atoms with van der Waals surface area (Å²) in [5.74, 6) is -1.00. The van der Waals surface area contributed by atoms with Gasteiger partial charge in [-0.3, -0.25) is 4.79 Å². The molecule has 100 valence electrons. The number of rotatable bonds is 5. The molecule has 1 rings (SSSR count). The van der Waals surface area contributed by atoms with Gasteiger partial charge in [0.2, 0.25) is 15.9 Å². The molecular formula is C10H15N3O4S. The lowest BCUT2D eigenvalue weighted by atomic mass is 10.2. The first-order chi connectivity index (χ1) is 8.25. The molecule has 0 aliphatic rings. The maximum Gasteiger partial charge on any atom is 0.247 e. The maximum absolute atomic E-state index is 11.9. The predicted molar refractivity (Wildman–Crippen MR) is 66.0 cm³/mol. The Balaban J connectivity index is 2.98. The Kier molecular flexibility index (Phi) is 4.28. The lowest BCUT2D eigenvalue weighted by molar-refractivity contribution is -0.125. The average molecular weight is 273 g/mol. The molecule has 0 radical (unpaired) electrons. The Hall–Kier alpha value is -1.64. The number of nitrogens with two attached hydrogens (primary N) is 2. The van der Waals surface area contributed by atoms with E-state index in [-0.39, 0.29) is 10.6 Å². The number of amides is 1. The van der Waals surface area contributed by atoms with Crippen molar-refractivity contribution in [1.29, 1.82) is 0 Å². The van der Waals surface area contributed by atoms with Crippen LogP contribution in [0.25, 0.3) is 0 Å². The van der Waals surface area contributed by atoms with Crippen LogP contribution < -0.4 is 16.2 Å². The Morgan fingerprint density at radius 2 is 2.11 bits per heavy atom. The quantitative estimate of drug-likeness (QED) is 0.494. The van der Waals surface area contributed by atoms with E-state index < -0.39 is 28.6 Å². The number of sulfonamides is 1. The predicted octanol–water partition coefficient (Wildman–Crippen LogP) is -1.30. The second-order valence-electron chi connectivity index (χ2n) is 3.76. The standard InChI is InChI=1S/C10H15N3O4S/c1-6-3-2-4-7(11)9(6)18(16,17)13-5-8(14)10(12)15/h2-4,8,13-14H,5,11H2,1H3,(H2,12,15). The molecular weight excluding hydrogens is 258 g/mol. The SMILES string of the molecule is Cc1cccc(N)c1S(=O)(=O)NCC(O)C(N)=O. The Bertz CT molecular complexity index is 536. The second kappa shape index (κ2) is 5.34. The number of aliphatic hydroxyl groups is 1. The normalized spacial score (nSPS) is 13.2. The molecule has 1 atom stereocenters. The van der Waals surface area contributed by atoms with Crippen molar-refractivity contribution in [3.8, 4) is 0 Å². The van der Waals surface area contributed by atoms with E-state index in [1.165, 1.54) is 6.07 Å². The monoisotopic (exact) mass is 273 g/mol. The van der Waals surface area contributed by atoms with Gasteiger partial charge in [-0.1, -0.05) is 12.1 Å². The molecule has 0 bridgehead atoms. The number of primary amides is 1. The van der Waals surface area contributed by atoms with Crippen LogP contribution in [-0.4, -0.2) is 32.1 Å². The summed E-state index contributed by atoms with van der Waals surface area (Å²) in [6.45, 7) is 1.10. The Labute approximate surface area is 105 Å². The number of aryl methyl sites for hydroxylation is 1. The molecule has 1 aromatic rings. The van der Waals surface area contributed by atoms with E-state index >= 15 is 0 Å². The molecule has 0 saturated heterocycles. The molecule has 8 heteroatoms. The van der Waals surface area contributed by atoms with Gasteiger partial charge in [0.1, 0.15) is 11.0 Å². The van der Waals surface area contributed by atoms with Crippen LogP contribution in [0.3, 0.4) is 0 Å². The van der Waals surface area contributed by atoms with Crippen molar-refractivity contribution in [3.05, 3.63) is 23.8 Å². The van der Waals surface area contributed by atoms with E-state index in [9.17, 15) is 13.2 Å². The van der Waals surface area contributed by atoms with Crippen LogP contribution in [0.4, 0.5) is 5.69 Å². The zero-order valence-corrected chi connectivity index (χ0v) is 10.6. The fourth-order valence-electron chi connectivity index (χ4n) is 1.40. The van der Waals surface area contributed by atoms with Gasteiger partial charge in [0.05, 0.1) is 5.69 Å². The highest BCUT2D eigenvalue weighted by Crippen LogP contribution is 2.21. The Morgan fingerprint density at radius 3 is 2.61 bits per heavy atom. The molecule has 0 aromatic heterocycles. The van der Waals surface area contributed by atoms with Crippen LogP contribution in [0.1, 0.15) is 5.56 Å². The summed E-state index contributed by atoms with van der Waals surface area (Å²) in [6, 6.07) is 4.67. The fraction of sp³-hybridized carbons (Fsp3) is 0.300. The van der Waals surface area contributed by atoms with Gasteiger partial charge in [-0.15, -0.1) is 0 Å². The summed E-state index contributed by atoms with van der Waals surface area (Å²) >= 11 is 0. The molecule has 0 aliphatic heterocycles. The third-order valence-electron chi connectivity index (χ3n) is 2.31. The minimum atomic E-state index is -3.89. The molecule has 0 fully saturated rings. The first-order valence-corrected chi connectivity index (χ1v) is 6.56. The van der Waals surface area contributed by atoms with Gasteiger partial charge in [0.15, 0.2) is 0 Å². The minimum Gasteiger partial charge on any atom is -0.398 e. The van der Waals surface area contributed by atoms with Gasteiger partial charge in [-0.2, -0.15) is 0 Å². The molecule has 7 nitrogen and oxygen atoms in total. The maximum atomic E-state index is 11.9. The highest BCUT2D eigenvalue weighted by atomic mass is 32.2. The van der Waals surface area contributed by atoms with Gasteiger partial charge in [0, 0.05) is 6.54 Å². The summed E-state index contributed by atoms with van der Waals surface area (Å²) in [7, 11) is -3.89. The zero-order valence-electron chi connectivity index (χ0n) is 9.75. The molecule has 0 aliphatic carbocycles. The highest BCUT2D eigenvalue weighted by Gasteiger charge is 2.22. The summed E-state index contributed by atoms with van der Waals surface area (Å²) in [5.41, 5.74) is 11.0. The molecule has 18 heavy (non-hydrogen) atoms. The van der Waals surface area contributed by atoms with Crippen LogP contribution in [0.15, 0.2) is 23.1 Å². The molecule has 0 spiro atoms. The van der Waals surface area contributed by atoms with E-state index in [0.717, 1.165) is 0 Å². The zero-order chi connectivity index (χ0) is 13.9. The molecule has 0 heterocycles. The molecule has 1 amide bonds. The average Bonchev–Trinajstić information content (AvgIpc) is 2.25. The van der Waals surface area contributed by atoms with E-state index in [1.807, 2.05) is 0 Å². The molecule has 1 unspecified atom stereocenters. The number of hydrogen-bond donors (Lipinski definition) is 4. The van der Waals surface area contributed by atoms with E-state index in [1.54, 1.807) is 19.1 Å². The first-order valence-electron chi connectivity index (χ1n) is 5.08. The van der Waals surface area contributed by atoms with Crippen LogP contribution in [0, 0.1) is 6.92 Å². The van der Waals surface area contributed by atoms with Crippen LogP contribution >= 0.6 is 0 Å². The van der Waals surface area contributed by atoms with Crippen molar-refractivity contribution in [3.63, 3.8) is 0 Å². The van der Waals surface area contributed by atoms with Crippen molar-refractivity contribution in [1.82, 2.24) is 4.72 Å². The molecule has 6 N–H and O–H groups in total. The van der Waals surface area contributed by atoms with Crippen molar-refractivity contribution < 1.29 is 18.3 Å². The summed E-state index contributed by atoms with van der Waals surface area (Å²) < 4.78 is 26.0. The van der Waals surface area contributed by atoms with E-state index in [0.29, 0.717) is 5.56 Å². The number of nitrogens with one attached hydrogen (secondary N) is 1. The number of aliphatic hydroxyl groups excluding tert-OH is 1. The second-order valence-corrected chi connectivity index (χ2v) is 5.47. The largest absolute Gasteiger partial charge is 0.398 e. The van der Waals surface area contributed by atoms with Crippen LogP contribution in [-0.2, 0) is 14.8 Å². The summed E-state index contributed by atoms with van der Waals surface area (Å²) in [4.78, 5) is 10.5. The van der Waals surface area contributed by atoms with E-state index in [2.05, 4.69) is 4.72 Å². The summed E-state index contributed by atoms with van der Waals surface area (Å²) in [6.07, 6.45) is -1.58. The topological polar surface area (TPSA) is 136 Å². The van der Waals surface area contributed by atoms with Gasteiger partial charge in [0.25, 0.3) is 0 Å². The number of benzene rings is 1. The summed E-state index contributed by atoms with van der Waals surface area (Å²) in [5, 5.41) is 9.14. The van der Waals surface area contributed by atoms with Crippen LogP contribution in [0.2, 0.25) is 0 Å². The van der Waals surface area contributed by atoms with Crippen molar-refractivity contribution in [2.45, 2.75) is 17.9 Å². The van der Waals surface area contributed by atoms with Gasteiger partial charge >= 0.3 is 0 Å². The number of hydrogen-bond acceptors (Lipinski definition) is 5. The fourth-order valence-corrected chi connectivity index (χ4v) is 2.80. The van der Waals surface area contributed by atoms with Gasteiger partial charge in [-0.05, 0) is 18.6 Å².